The minimum absolute atomic E-state index is 0.331. The molecule has 1 aromatic rings. The normalized spacial score (nSPS) is 21.7. The second-order valence-electron chi connectivity index (χ2n) is 7.23. The van der Waals surface area contributed by atoms with Crippen LogP contribution in [0.4, 0.5) is 0 Å². The van der Waals surface area contributed by atoms with Gasteiger partial charge in [-0.2, -0.15) is 0 Å². The van der Waals surface area contributed by atoms with Crippen LogP contribution >= 0.6 is 0 Å². The summed E-state index contributed by atoms with van der Waals surface area (Å²) >= 11 is 0. The van der Waals surface area contributed by atoms with E-state index in [-0.39, 0.29) is 0 Å². The van der Waals surface area contributed by atoms with E-state index in [0.29, 0.717) is 18.4 Å². The monoisotopic (exact) mass is 331 g/mol. The van der Waals surface area contributed by atoms with Crippen LogP contribution in [-0.2, 0) is 11.3 Å². The molecule has 1 unspecified atom stereocenters. The molecule has 5 heteroatoms. The van der Waals surface area contributed by atoms with Gasteiger partial charge in [0.1, 0.15) is 5.75 Å². The molecule has 1 aliphatic heterocycles. The third-order valence-electron chi connectivity index (χ3n) is 5.29. The Morgan fingerprint density at radius 2 is 2.08 bits per heavy atom. The molecule has 5 nitrogen and oxygen atoms in total. The molecule has 0 radical (unpaired) electrons. The van der Waals surface area contributed by atoms with Crippen LogP contribution in [0.2, 0.25) is 0 Å². The van der Waals surface area contributed by atoms with Crippen LogP contribution in [0.5, 0.6) is 5.75 Å². The minimum Gasteiger partial charge on any atom is -0.496 e. The number of rotatable bonds is 6. The third-order valence-corrected chi connectivity index (χ3v) is 5.29. The summed E-state index contributed by atoms with van der Waals surface area (Å²) in [5.41, 5.74) is 3.20. The largest absolute Gasteiger partial charge is 0.496 e. The molecule has 1 N–H and O–H groups in total. The van der Waals surface area contributed by atoms with Crippen molar-refractivity contribution in [2.24, 2.45) is 5.92 Å². The van der Waals surface area contributed by atoms with Crippen LogP contribution in [0.1, 0.15) is 48.9 Å². The Morgan fingerprint density at radius 1 is 1.29 bits per heavy atom. The van der Waals surface area contributed by atoms with Crippen molar-refractivity contribution in [3.63, 3.8) is 0 Å². The van der Waals surface area contributed by atoms with Crippen LogP contribution in [0.3, 0.4) is 0 Å². The van der Waals surface area contributed by atoms with Crippen molar-refractivity contribution in [3.8, 4) is 5.75 Å². The van der Waals surface area contributed by atoms with Crippen molar-refractivity contribution in [1.82, 2.24) is 15.2 Å². The van der Waals surface area contributed by atoms with Crippen LogP contribution in [-0.4, -0.2) is 42.0 Å². The number of aryl methyl sites for hydroxylation is 1. The van der Waals surface area contributed by atoms with Crippen molar-refractivity contribution < 1.29 is 9.53 Å². The van der Waals surface area contributed by atoms with Crippen molar-refractivity contribution in [1.29, 1.82) is 0 Å². The van der Waals surface area contributed by atoms with Gasteiger partial charge in [-0.3, -0.25) is 9.78 Å². The number of likely N-dealkylation sites (tertiary alicyclic amines) is 1. The number of amides is 1. The number of aromatic nitrogens is 1. The van der Waals surface area contributed by atoms with E-state index in [1.807, 2.05) is 13.1 Å². The number of ether oxygens (including phenoxy) is 1. The smallest absolute Gasteiger partial charge is 0.222 e. The predicted molar refractivity (Wildman–Crippen MR) is 94.0 cm³/mol. The number of pyridine rings is 1. The van der Waals surface area contributed by atoms with E-state index in [4.69, 9.17) is 4.74 Å². The molecule has 0 aromatic carbocycles. The highest BCUT2D eigenvalue weighted by atomic mass is 16.5. The van der Waals surface area contributed by atoms with Crippen LogP contribution < -0.4 is 10.1 Å². The Balaban J connectivity index is 1.56. The van der Waals surface area contributed by atoms with Gasteiger partial charge in [-0.15, -0.1) is 0 Å². The van der Waals surface area contributed by atoms with Crippen molar-refractivity contribution in [3.05, 3.63) is 23.0 Å². The first-order chi connectivity index (χ1) is 11.6. The summed E-state index contributed by atoms with van der Waals surface area (Å²) in [5, 5.41) is 3.60. The van der Waals surface area contributed by atoms with E-state index in [2.05, 4.69) is 22.1 Å². The molecule has 2 aliphatic rings. The molecule has 132 valence electrons. The van der Waals surface area contributed by atoms with E-state index < -0.39 is 0 Å². The van der Waals surface area contributed by atoms with E-state index in [0.717, 1.165) is 61.0 Å². The highest BCUT2D eigenvalue weighted by Crippen LogP contribution is 2.30. The van der Waals surface area contributed by atoms with Crippen molar-refractivity contribution in [2.75, 3.05) is 20.2 Å². The Labute approximate surface area is 144 Å². The SMILES string of the molecule is COc1c(C)cnc(CNC2CCC(=O)N(CC3CC3)CC2)c1C. The molecule has 0 bridgehead atoms. The van der Waals surface area contributed by atoms with Gasteiger partial charge in [-0.05, 0) is 45.4 Å². The van der Waals surface area contributed by atoms with Crippen LogP contribution in [0.25, 0.3) is 0 Å². The molecule has 1 saturated carbocycles. The average Bonchev–Trinajstić information content (AvgIpc) is 3.39. The third kappa shape index (κ3) is 4.07. The van der Waals surface area contributed by atoms with Gasteiger partial charge in [0.2, 0.25) is 5.91 Å². The second-order valence-corrected chi connectivity index (χ2v) is 7.23. The van der Waals surface area contributed by atoms with E-state index in [9.17, 15) is 4.79 Å². The van der Waals surface area contributed by atoms with E-state index in [1.54, 1.807) is 7.11 Å². The van der Waals surface area contributed by atoms with E-state index >= 15 is 0 Å². The minimum atomic E-state index is 0.331. The molecule has 1 saturated heterocycles. The fourth-order valence-corrected chi connectivity index (χ4v) is 3.54. The van der Waals surface area contributed by atoms with Gasteiger partial charge < -0.3 is 15.0 Å². The lowest BCUT2D eigenvalue weighted by atomic mass is 10.1. The fourth-order valence-electron chi connectivity index (χ4n) is 3.54. The molecule has 1 aliphatic carbocycles. The topological polar surface area (TPSA) is 54.5 Å². The first-order valence-electron chi connectivity index (χ1n) is 9.08. The molecule has 0 spiro atoms. The quantitative estimate of drug-likeness (QED) is 0.870. The molecule has 2 heterocycles. The zero-order valence-electron chi connectivity index (χ0n) is 15.1. The lowest BCUT2D eigenvalue weighted by Gasteiger charge is -2.21. The fraction of sp³-hybridized carbons (Fsp3) is 0.684. The Morgan fingerprint density at radius 3 is 2.79 bits per heavy atom. The lowest BCUT2D eigenvalue weighted by Crippen LogP contribution is -2.33. The number of hydrogen-bond donors (Lipinski definition) is 1. The first-order valence-corrected chi connectivity index (χ1v) is 9.08. The Hall–Kier alpha value is -1.62. The van der Waals surface area contributed by atoms with Gasteiger partial charge in [0.25, 0.3) is 0 Å². The van der Waals surface area contributed by atoms with Gasteiger partial charge in [0.05, 0.1) is 12.8 Å². The van der Waals surface area contributed by atoms with Crippen molar-refractivity contribution >= 4 is 5.91 Å². The van der Waals surface area contributed by atoms with Gasteiger partial charge >= 0.3 is 0 Å². The standard InChI is InChI=1S/C19H29N3O2/c1-13-10-21-17(14(2)19(13)24-3)11-20-16-6-7-18(23)22(9-8-16)12-15-4-5-15/h10,15-16,20H,4-9,11-12H2,1-3H3. The molecule has 24 heavy (non-hydrogen) atoms. The molecule has 2 fully saturated rings. The zero-order valence-corrected chi connectivity index (χ0v) is 15.1. The maximum absolute atomic E-state index is 12.2. The Kier molecular flexibility index (Phi) is 5.39. The Bertz CT molecular complexity index is 599. The van der Waals surface area contributed by atoms with Crippen LogP contribution in [0.15, 0.2) is 6.20 Å². The summed E-state index contributed by atoms with van der Waals surface area (Å²) < 4.78 is 5.48. The summed E-state index contributed by atoms with van der Waals surface area (Å²) in [4.78, 5) is 18.9. The summed E-state index contributed by atoms with van der Waals surface area (Å²) in [6, 6.07) is 0.381. The van der Waals surface area contributed by atoms with Crippen LogP contribution in [0, 0.1) is 19.8 Å². The lowest BCUT2D eigenvalue weighted by molar-refractivity contribution is -0.130. The predicted octanol–water partition coefficient (Wildman–Crippen LogP) is 2.59. The molecule has 1 amide bonds. The number of methoxy groups -OCH3 is 1. The first kappa shape index (κ1) is 17.2. The summed E-state index contributed by atoms with van der Waals surface area (Å²) in [7, 11) is 1.71. The zero-order chi connectivity index (χ0) is 17.1. The van der Waals surface area contributed by atoms with Gasteiger partial charge in [-0.1, -0.05) is 0 Å². The summed E-state index contributed by atoms with van der Waals surface area (Å²) in [5.74, 6) is 2.02. The van der Waals surface area contributed by atoms with E-state index in [1.165, 1.54) is 12.8 Å². The average molecular weight is 331 g/mol. The maximum Gasteiger partial charge on any atom is 0.222 e. The molecule has 1 aromatic heterocycles. The molecule has 3 rings (SSSR count). The number of hydrogen-bond acceptors (Lipinski definition) is 4. The highest BCUT2D eigenvalue weighted by Gasteiger charge is 2.29. The van der Waals surface area contributed by atoms with Crippen molar-refractivity contribution in [2.45, 2.75) is 58.5 Å². The van der Waals surface area contributed by atoms with Gasteiger partial charge in [0.15, 0.2) is 0 Å². The molecular weight excluding hydrogens is 302 g/mol. The number of nitrogens with one attached hydrogen (secondary N) is 1. The summed E-state index contributed by atoms with van der Waals surface area (Å²) in [6.45, 7) is 6.66. The molecular formula is C19H29N3O2. The number of nitrogens with zero attached hydrogens (tertiary/aromatic N) is 2. The second kappa shape index (κ2) is 7.51. The maximum atomic E-state index is 12.2. The molecule has 1 atom stereocenters. The highest BCUT2D eigenvalue weighted by molar-refractivity contribution is 5.76. The summed E-state index contributed by atoms with van der Waals surface area (Å²) in [6.07, 6.45) is 7.07. The number of carbonyl (C=O) groups is 1. The number of carbonyl (C=O) groups excluding carboxylic acids is 1. The van der Waals surface area contributed by atoms with Gasteiger partial charge in [0, 0.05) is 49.4 Å². The van der Waals surface area contributed by atoms with Gasteiger partial charge in [-0.25, -0.2) is 0 Å².